The standard InChI is InChI=1S/C14H10BrCl2FO2/c1-20-11-5-2-7(16)6-9(11)14(19)8-3-4-10(15)12(17)13(8)18/h2-6,14,19H,1H3. The Hall–Kier alpha value is -0.810. The summed E-state index contributed by atoms with van der Waals surface area (Å²) in [5.74, 6) is -0.268. The van der Waals surface area contributed by atoms with Crippen LogP contribution >= 0.6 is 39.1 Å². The number of aliphatic hydroxyl groups is 1. The molecule has 2 rings (SSSR count). The van der Waals surface area contributed by atoms with E-state index in [1.807, 2.05) is 0 Å². The highest BCUT2D eigenvalue weighted by Gasteiger charge is 2.21. The van der Waals surface area contributed by atoms with Crippen LogP contribution in [0.5, 0.6) is 5.75 Å². The molecule has 1 atom stereocenters. The van der Waals surface area contributed by atoms with Crippen LogP contribution < -0.4 is 4.74 Å². The van der Waals surface area contributed by atoms with Crippen molar-refractivity contribution in [2.24, 2.45) is 0 Å². The minimum absolute atomic E-state index is 0.0544. The van der Waals surface area contributed by atoms with Crippen molar-refractivity contribution in [1.29, 1.82) is 0 Å². The van der Waals surface area contributed by atoms with Gasteiger partial charge in [0.1, 0.15) is 17.7 Å². The van der Waals surface area contributed by atoms with E-state index < -0.39 is 11.9 Å². The minimum atomic E-state index is -1.23. The van der Waals surface area contributed by atoms with Gasteiger partial charge >= 0.3 is 0 Å². The molecule has 0 aliphatic rings. The first-order valence-corrected chi connectivity index (χ1v) is 7.15. The Balaban J connectivity index is 2.54. The summed E-state index contributed by atoms with van der Waals surface area (Å²) in [6.45, 7) is 0. The zero-order valence-corrected chi connectivity index (χ0v) is 13.4. The highest BCUT2D eigenvalue weighted by atomic mass is 79.9. The van der Waals surface area contributed by atoms with Crippen LogP contribution in [0.4, 0.5) is 4.39 Å². The van der Waals surface area contributed by atoms with Gasteiger partial charge in [-0.25, -0.2) is 4.39 Å². The van der Waals surface area contributed by atoms with E-state index in [4.69, 9.17) is 27.9 Å². The Morgan fingerprint density at radius 1 is 1.20 bits per heavy atom. The zero-order valence-electron chi connectivity index (χ0n) is 10.3. The summed E-state index contributed by atoms with van der Waals surface area (Å²) < 4.78 is 19.7. The van der Waals surface area contributed by atoms with Gasteiger partial charge in [0.2, 0.25) is 0 Å². The van der Waals surface area contributed by atoms with Crippen molar-refractivity contribution in [3.63, 3.8) is 0 Å². The average molecular weight is 380 g/mol. The van der Waals surface area contributed by atoms with Crippen molar-refractivity contribution in [1.82, 2.24) is 0 Å². The Labute approximate surface area is 134 Å². The summed E-state index contributed by atoms with van der Waals surface area (Å²) in [7, 11) is 1.46. The summed E-state index contributed by atoms with van der Waals surface area (Å²) in [5, 5.41) is 10.7. The topological polar surface area (TPSA) is 29.5 Å². The molecular weight excluding hydrogens is 370 g/mol. The van der Waals surface area contributed by atoms with Gasteiger partial charge in [-0.15, -0.1) is 0 Å². The van der Waals surface area contributed by atoms with Crippen LogP contribution in [0.2, 0.25) is 10.0 Å². The van der Waals surface area contributed by atoms with E-state index >= 15 is 0 Å². The summed E-state index contributed by atoms with van der Waals surface area (Å²) in [6, 6.07) is 7.79. The second kappa shape index (κ2) is 6.31. The molecule has 106 valence electrons. The molecule has 1 unspecified atom stereocenters. The van der Waals surface area contributed by atoms with Crippen LogP contribution in [0.25, 0.3) is 0 Å². The molecule has 0 radical (unpaired) electrons. The lowest BCUT2D eigenvalue weighted by atomic mass is 10.00. The van der Waals surface area contributed by atoms with Crippen molar-refractivity contribution in [3.05, 3.63) is 61.8 Å². The largest absolute Gasteiger partial charge is 0.496 e. The lowest BCUT2D eigenvalue weighted by Crippen LogP contribution is -2.05. The van der Waals surface area contributed by atoms with Crippen molar-refractivity contribution >= 4 is 39.1 Å². The second-order valence-corrected chi connectivity index (χ2v) is 5.72. The van der Waals surface area contributed by atoms with Gasteiger partial charge in [0.15, 0.2) is 0 Å². The van der Waals surface area contributed by atoms with Crippen LogP contribution in [-0.4, -0.2) is 12.2 Å². The first kappa shape index (κ1) is 15.6. The Bertz CT molecular complexity index is 649. The molecule has 0 aliphatic carbocycles. The maximum absolute atomic E-state index is 14.1. The van der Waals surface area contributed by atoms with E-state index in [1.54, 1.807) is 18.2 Å². The maximum Gasteiger partial charge on any atom is 0.149 e. The second-order valence-electron chi connectivity index (χ2n) is 4.05. The fourth-order valence-electron chi connectivity index (χ4n) is 1.84. The third-order valence-electron chi connectivity index (χ3n) is 2.85. The van der Waals surface area contributed by atoms with E-state index in [2.05, 4.69) is 15.9 Å². The van der Waals surface area contributed by atoms with Crippen LogP contribution in [-0.2, 0) is 0 Å². The highest BCUT2D eigenvalue weighted by molar-refractivity contribution is 9.10. The molecule has 0 spiro atoms. The predicted octanol–water partition coefficient (Wildman–Crippen LogP) is 4.99. The molecule has 0 saturated heterocycles. The van der Waals surface area contributed by atoms with Crippen molar-refractivity contribution in [2.45, 2.75) is 6.10 Å². The Morgan fingerprint density at radius 2 is 1.90 bits per heavy atom. The lowest BCUT2D eigenvalue weighted by Gasteiger charge is -2.17. The number of methoxy groups -OCH3 is 1. The van der Waals surface area contributed by atoms with Gasteiger partial charge in [-0.2, -0.15) is 0 Å². The monoisotopic (exact) mass is 378 g/mol. The summed E-state index contributed by atoms with van der Waals surface area (Å²) in [5.41, 5.74) is 0.427. The van der Waals surface area contributed by atoms with Gasteiger partial charge in [-0.05, 0) is 40.2 Å². The maximum atomic E-state index is 14.1. The normalized spacial score (nSPS) is 12.3. The molecule has 2 aromatic rings. The van der Waals surface area contributed by atoms with Crippen LogP contribution in [0.15, 0.2) is 34.8 Å². The number of hydrogen-bond acceptors (Lipinski definition) is 2. The summed E-state index contributed by atoms with van der Waals surface area (Å²) in [6.07, 6.45) is -1.23. The number of halogens is 4. The zero-order chi connectivity index (χ0) is 14.9. The molecule has 1 N–H and O–H groups in total. The minimum Gasteiger partial charge on any atom is -0.496 e. The van der Waals surface area contributed by atoms with Crippen molar-refractivity contribution < 1.29 is 14.2 Å². The van der Waals surface area contributed by atoms with Gasteiger partial charge in [0, 0.05) is 20.6 Å². The molecule has 2 nitrogen and oxygen atoms in total. The van der Waals surface area contributed by atoms with Crippen LogP contribution in [0.1, 0.15) is 17.2 Å². The van der Waals surface area contributed by atoms with Gasteiger partial charge < -0.3 is 9.84 Å². The number of benzene rings is 2. The molecule has 0 fully saturated rings. The number of ether oxygens (including phenoxy) is 1. The number of aliphatic hydroxyl groups excluding tert-OH is 1. The first-order valence-electron chi connectivity index (χ1n) is 5.60. The first-order chi connectivity index (χ1) is 9.45. The molecule has 2 aromatic carbocycles. The fourth-order valence-corrected chi connectivity index (χ4v) is 2.50. The molecule has 0 amide bonds. The Morgan fingerprint density at radius 3 is 2.55 bits per heavy atom. The molecule has 6 heteroatoms. The van der Waals surface area contributed by atoms with E-state index in [-0.39, 0.29) is 10.6 Å². The van der Waals surface area contributed by atoms with Crippen molar-refractivity contribution in [2.75, 3.05) is 7.11 Å². The third kappa shape index (κ3) is 2.93. The fraction of sp³-hybridized carbons (Fsp3) is 0.143. The van der Waals surface area contributed by atoms with Crippen molar-refractivity contribution in [3.8, 4) is 5.75 Å². The predicted molar refractivity (Wildman–Crippen MR) is 81.2 cm³/mol. The molecule has 0 aromatic heterocycles. The smallest absolute Gasteiger partial charge is 0.149 e. The van der Waals surface area contributed by atoms with Crippen LogP contribution in [0.3, 0.4) is 0 Å². The SMILES string of the molecule is COc1ccc(Cl)cc1C(O)c1ccc(Br)c(Cl)c1F. The Kier molecular flexibility index (Phi) is 4.91. The highest BCUT2D eigenvalue weighted by Crippen LogP contribution is 2.36. The van der Waals surface area contributed by atoms with Gasteiger partial charge in [-0.1, -0.05) is 29.3 Å². The van der Waals surface area contributed by atoms with E-state index in [1.165, 1.54) is 19.2 Å². The van der Waals surface area contributed by atoms with Crippen LogP contribution in [0, 0.1) is 5.82 Å². The quantitative estimate of drug-likeness (QED) is 0.761. The molecule has 20 heavy (non-hydrogen) atoms. The van der Waals surface area contributed by atoms with E-state index in [9.17, 15) is 9.50 Å². The number of rotatable bonds is 3. The lowest BCUT2D eigenvalue weighted by molar-refractivity contribution is 0.209. The molecule has 0 bridgehead atoms. The molecule has 0 saturated carbocycles. The summed E-state index contributed by atoms with van der Waals surface area (Å²) >= 11 is 14.9. The van der Waals surface area contributed by atoms with Gasteiger partial charge in [0.25, 0.3) is 0 Å². The van der Waals surface area contributed by atoms with E-state index in [0.29, 0.717) is 20.8 Å². The molecule has 0 heterocycles. The summed E-state index contributed by atoms with van der Waals surface area (Å²) in [4.78, 5) is 0. The molecular formula is C14H10BrCl2FO2. The van der Waals surface area contributed by atoms with Gasteiger partial charge in [0.05, 0.1) is 12.1 Å². The number of hydrogen-bond donors (Lipinski definition) is 1. The third-order valence-corrected chi connectivity index (χ3v) is 4.34. The average Bonchev–Trinajstić information content (AvgIpc) is 2.44. The van der Waals surface area contributed by atoms with Gasteiger partial charge in [-0.3, -0.25) is 0 Å². The van der Waals surface area contributed by atoms with E-state index in [0.717, 1.165) is 0 Å². The molecule has 0 aliphatic heterocycles.